The fraction of sp³-hybridized carbons (Fsp3) is 0.615. The Morgan fingerprint density at radius 1 is 1.31 bits per heavy atom. The van der Waals surface area contributed by atoms with Gasteiger partial charge in [0.05, 0.1) is 5.92 Å². The SMILES string of the molecule is C#CCc1cc(C(=O)NCC2C(=O)NC(C)CC2C)c(C)c(N(CC)C2CCOCC2)c1. The molecule has 3 unspecified atom stereocenters. The van der Waals surface area contributed by atoms with E-state index in [9.17, 15) is 9.59 Å². The van der Waals surface area contributed by atoms with Gasteiger partial charge in [0, 0.05) is 56.1 Å². The minimum absolute atomic E-state index is 0.0201. The first kappa shape index (κ1) is 24.1. The van der Waals surface area contributed by atoms with E-state index < -0.39 is 0 Å². The molecule has 2 N–H and O–H groups in total. The van der Waals surface area contributed by atoms with Crippen molar-refractivity contribution in [2.24, 2.45) is 11.8 Å². The van der Waals surface area contributed by atoms with Gasteiger partial charge in [0.25, 0.3) is 5.91 Å². The van der Waals surface area contributed by atoms with Crippen LogP contribution < -0.4 is 15.5 Å². The summed E-state index contributed by atoms with van der Waals surface area (Å²) in [5.41, 5.74) is 3.61. The average molecular weight is 440 g/mol. The summed E-state index contributed by atoms with van der Waals surface area (Å²) in [7, 11) is 0. The van der Waals surface area contributed by atoms with Gasteiger partial charge >= 0.3 is 0 Å². The Bertz CT molecular complexity index is 870. The summed E-state index contributed by atoms with van der Waals surface area (Å²) >= 11 is 0. The molecule has 2 aliphatic heterocycles. The van der Waals surface area contributed by atoms with Gasteiger partial charge in [0.15, 0.2) is 0 Å². The predicted octanol–water partition coefficient (Wildman–Crippen LogP) is 3.07. The number of anilines is 1. The molecule has 0 aliphatic carbocycles. The lowest BCUT2D eigenvalue weighted by atomic mass is 9.84. The second kappa shape index (κ2) is 10.9. The first-order valence-corrected chi connectivity index (χ1v) is 11.9. The largest absolute Gasteiger partial charge is 0.381 e. The fourth-order valence-corrected chi connectivity index (χ4v) is 5.11. The quantitative estimate of drug-likeness (QED) is 0.641. The van der Waals surface area contributed by atoms with Crippen molar-refractivity contribution in [1.29, 1.82) is 0 Å². The molecule has 0 radical (unpaired) electrons. The van der Waals surface area contributed by atoms with Crippen LogP contribution in [-0.4, -0.2) is 50.2 Å². The molecule has 0 bridgehead atoms. The number of hydrogen-bond donors (Lipinski definition) is 2. The molecule has 2 amide bonds. The van der Waals surface area contributed by atoms with Crippen LogP contribution in [0, 0.1) is 31.1 Å². The molecule has 174 valence electrons. The maximum absolute atomic E-state index is 13.2. The second-order valence-electron chi connectivity index (χ2n) is 9.24. The van der Waals surface area contributed by atoms with Crippen molar-refractivity contribution in [2.75, 3.05) is 31.2 Å². The van der Waals surface area contributed by atoms with E-state index in [2.05, 4.69) is 41.4 Å². The highest BCUT2D eigenvalue weighted by Crippen LogP contribution is 2.30. The van der Waals surface area contributed by atoms with Gasteiger partial charge in [-0.05, 0) is 69.2 Å². The molecule has 0 spiro atoms. The number of amides is 2. The van der Waals surface area contributed by atoms with Gasteiger partial charge in [-0.25, -0.2) is 0 Å². The zero-order chi connectivity index (χ0) is 23.3. The lowest BCUT2D eigenvalue weighted by Crippen LogP contribution is -2.50. The van der Waals surface area contributed by atoms with E-state index in [0.717, 1.165) is 55.8 Å². The summed E-state index contributed by atoms with van der Waals surface area (Å²) < 4.78 is 5.55. The zero-order valence-electron chi connectivity index (χ0n) is 19.9. The Kier molecular flexibility index (Phi) is 8.20. The number of hydrogen-bond acceptors (Lipinski definition) is 4. The predicted molar refractivity (Wildman–Crippen MR) is 128 cm³/mol. The van der Waals surface area contributed by atoms with Gasteiger partial charge in [0.2, 0.25) is 5.91 Å². The van der Waals surface area contributed by atoms with Crippen molar-refractivity contribution in [2.45, 2.75) is 65.5 Å². The lowest BCUT2D eigenvalue weighted by molar-refractivity contribution is -0.129. The van der Waals surface area contributed by atoms with Crippen molar-refractivity contribution in [3.05, 3.63) is 28.8 Å². The molecule has 2 heterocycles. The zero-order valence-corrected chi connectivity index (χ0v) is 19.9. The highest BCUT2D eigenvalue weighted by Gasteiger charge is 2.32. The van der Waals surface area contributed by atoms with Gasteiger partial charge in [-0.1, -0.05) is 6.92 Å². The molecule has 3 atom stereocenters. The van der Waals surface area contributed by atoms with Crippen LogP contribution in [0.2, 0.25) is 0 Å². The van der Waals surface area contributed by atoms with E-state index in [4.69, 9.17) is 11.2 Å². The maximum atomic E-state index is 13.2. The Hall–Kier alpha value is -2.52. The number of carbonyl (C=O) groups is 2. The van der Waals surface area contributed by atoms with Gasteiger partial charge in [-0.15, -0.1) is 12.3 Å². The average Bonchev–Trinajstić information content (AvgIpc) is 2.76. The van der Waals surface area contributed by atoms with E-state index in [1.165, 1.54) is 0 Å². The van der Waals surface area contributed by atoms with E-state index in [-0.39, 0.29) is 29.7 Å². The third-order valence-corrected chi connectivity index (χ3v) is 6.89. The number of terminal acetylenes is 1. The van der Waals surface area contributed by atoms with Crippen LogP contribution in [0.15, 0.2) is 12.1 Å². The van der Waals surface area contributed by atoms with Crippen LogP contribution in [0.1, 0.15) is 61.5 Å². The van der Waals surface area contributed by atoms with Gasteiger partial charge < -0.3 is 20.3 Å². The Labute approximate surface area is 192 Å². The molecule has 0 saturated carbocycles. The first-order chi connectivity index (χ1) is 15.3. The van der Waals surface area contributed by atoms with E-state index in [1.54, 1.807) is 0 Å². The molecular formula is C26H37N3O3. The number of rotatable bonds is 7. The molecule has 1 aromatic carbocycles. The van der Waals surface area contributed by atoms with E-state index in [0.29, 0.717) is 24.6 Å². The minimum Gasteiger partial charge on any atom is -0.381 e. The smallest absolute Gasteiger partial charge is 0.251 e. The van der Waals surface area contributed by atoms with Crippen molar-refractivity contribution >= 4 is 17.5 Å². The van der Waals surface area contributed by atoms with E-state index >= 15 is 0 Å². The number of piperidine rings is 1. The molecule has 6 nitrogen and oxygen atoms in total. The number of benzene rings is 1. The van der Waals surface area contributed by atoms with Gasteiger partial charge in [0.1, 0.15) is 0 Å². The van der Waals surface area contributed by atoms with Crippen molar-refractivity contribution < 1.29 is 14.3 Å². The normalized spacial score (nSPS) is 23.8. The number of carbonyl (C=O) groups excluding carboxylic acids is 2. The van der Waals surface area contributed by atoms with Gasteiger partial charge in [-0.2, -0.15) is 0 Å². The summed E-state index contributed by atoms with van der Waals surface area (Å²) in [6.07, 6.45) is 8.94. The maximum Gasteiger partial charge on any atom is 0.251 e. The van der Waals surface area contributed by atoms with Crippen LogP contribution in [0.25, 0.3) is 0 Å². The number of ether oxygens (including phenoxy) is 1. The molecule has 1 aromatic rings. The minimum atomic E-state index is -0.210. The monoisotopic (exact) mass is 439 g/mol. The summed E-state index contributed by atoms with van der Waals surface area (Å²) in [6.45, 7) is 11.0. The topological polar surface area (TPSA) is 70.7 Å². The van der Waals surface area contributed by atoms with Crippen molar-refractivity contribution in [3.8, 4) is 12.3 Å². The summed E-state index contributed by atoms with van der Waals surface area (Å²) in [4.78, 5) is 28.1. The third-order valence-electron chi connectivity index (χ3n) is 6.89. The molecule has 0 aromatic heterocycles. The Morgan fingerprint density at radius 2 is 2.03 bits per heavy atom. The summed E-state index contributed by atoms with van der Waals surface area (Å²) in [5.74, 6) is 2.60. The van der Waals surface area contributed by atoms with Crippen LogP contribution >= 0.6 is 0 Å². The summed E-state index contributed by atoms with van der Waals surface area (Å²) in [6, 6.07) is 4.60. The lowest BCUT2D eigenvalue weighted by Gasteiger charge is -2.37. The van der Waals surface area contributed by atoms with Crippen LogP contribution in [0.5, 0.6) is 0 Å². The van der Waals surface area contributed by atoms with Crippen molar-refractivity contribution in [1.82, 2.24) is 10.6 Å². The molecule has 32 heavy (non-hydrogen) atoms. The Balaban J connectivity index is 1.84. The number of nitrogens with one attached hydrogen (secondary N) is 2. The highest BCUT2D eigenvalue weighted by atomic mass is 16.5. The van der Waals surface area contributed by atoms with Crippen molar-refractivity contribution in [3.63, 3.8) is 0 Å². The van der Waals surface area contributed by atoms with Crippen LogP contribution in [-0.2, 0) is 16.0 Å². The van der Waals surface area contributed by atoms with Crippen LogP contribution in [0.4, 0.5) is 5.69 Å². The van der Waals surface area contributed by atoms with Crippen LogP contribution in [0.3, 0.4) is 0 Å². The van der Waals surface area contributed by atoms with Gasteiger partial charge in [-0.3, -0.25) is 9.59 Å². The summed E-state index contributed by atoms with van der Waals surface area (Å²) in [5, 5.41) is 6.03. The standard InChI is InChI=1S/C26H37N3O3/c1-6-8-20-14-22(25(30)27-16-23-17(3)13-18(4)28-26(23)31)19(5)24(15-20)29(7-2)21-9-11-32-12-10-21/h1,14-15,17-18,21,23H,7-13,16H2,2-5H3,(H,27,30)(H,28,31). The Morgan fingerprint density at radius 3 is 2.66 bits per heavy atom. The molecule has 2 aliphatic rings. The van der Waals surface area contributed by atoms with E-state index in [1.807, 2.05) is 19.9 Å². The third kappa shape index (κ3) is 5.45. The fourth-order valence-electron chi connectivity index (χ4n) is 5.11. The molecular weight excluding hydrogens is 402 g/mol. The molecule has 2 saturated heterocycles. The first-order valence-electron chi connectivity index (χ1n) is 11.9. The highest BCUT2D eigenvalue weighted by molar-refractivity contribution is 5.97. The molecule has 2 fully saturated rings. The molecule has 3 rings (SSSR count). The molecule has 6 heteroatoms. The number of nitrogens with zero attached hydrogens (tertiary/aromatic N) is 1. The second-order valence-corrected chi connectivity index (χ2v) is 9.24.